The topological polar surface area (TPSA) is 61.2 Å². The van der Waals surface area contributed by atoms with Crippen LogP contribution in [-0.4, -0.2) is 27.9 Å². The Morgan fingerprint density at radius 3 is 2.71 bits per heavy atom. The molecule has 2 heterocycles. The van der Waals surface area contributed by atoms with Crippen LogP contribution >= 0.6 is 23.1 Å². The summed E-state index contributed by atoms with van der Waals surface area (Å²) in [7, 11) is 0. The molecule has 5 nitrogen and oxygen atoms in total. The minimum absolute atomic E-state index is 0.0470. The number of thioether (sulfide) groups is 1. The number of hydrogen-bond donors (Lipinski definition) is 0. The molecule has 0 bridgehead atoms. The van der Waals surface area contributed by atoms with Gasteiger partial charge in [0.15, 0.2) is 5.16 Å². The van der Waals surface area contributed by atoms with E-state index in [4.69, 9.17) is 9.72 Å². The molecule has 0 fully saturated rings. The van der Waals surface area contributed by atoms with Crippen molar-refractivity contribution in [3.8, 4) is 5.69 Å². The number of aryl methyl sites for hydroxylation is 1. The Bertz CT molecular complexity index is 1160. The van der Waals surface area contributed by atoms with E-state index >= 15 is 0 Å². The van der Waals surface area contributed by atoms with Gasteiger partial charge in [0.2, 0.25) is 0 Å². The van der Waals surface area contributed by atoms with Gasteiger partial charge in [-0.05, 0) is 55.2 Å². The van der Waals surface area contributed by atoms with Gasteiger partial charge in [-0.15, -0.1) is 11.3 Å². The van der Waals surface area contributed by atoms with E-state index in [1.54, 1.807) is 22.8 Å². The molecule has 7 heteroatoms. The van der Waals surface area contributed by atoms with Gasteiger partial charge in [0.1, 0.15) is 4.83 Å². The molecular weight excluding hydrogens is 428 g/mol. The number of esters is 1. The lowest BCUT2D eigenvalue weighted by molar-refractivity contribution is -0.139. The second-order valence-electron chi connectivity index (χ2n) is 8.95. The zero-order chi connectivity index (χ0) is 22.2. The molecule has 4 rings (SSSR count). The van der Waals surface area contributed by atoms with Crippen LogP contribution in [-0.2, 0) is 22.4 Å². The van der Waals surface area contributed by atoms with Crippen molar-refractivity contribution in [3.05, 3.63) is 51.1 Å². The monoisotopic (exact) mass is 456 g/mol. The lowest BCUT2D eigenvalue weighted by Gasteiger charge is -2.33. The zero-order valence-corrected chi connectivity index (χ0v) is 20.1. The summed E-state index contributed by atoms with van der Waals surface area (Å²) in [6.45, 7) is 9.00. The normalized spacial score (nSPS) is 16.3. The molecule has 0 radical (unpaired) electrons. The fraction of sp³-hybridized carbons (Fsp3) is 0.458. The van der Waals surface area contributed by atoms with Gasteiger partial charge < -0.3 is 4.74 Å². The number of aromatic nitrogens is 2. The minimum atomic E-state index is -0.306. The molecule has 1 aliphatic rings. The molecule has 1 aliphatic carbocycles. The lowest BCUT2D eigenvalue weighted by Crippen LogP contribution is -2.27. The Balaban J connectivity index is 1.83. The van der Waals surface area contributed by atoms with Crippen LogP contribution in [0.5, 0.6) is 0 Å². The summed E-state index contributed by atoms with van der Waals surface area (Å²) < 4.78 is 6.71. The molecule has 0 amide bonds. The summed E-state index contributed by atoms with van der Waals surface area (Å²) in [5.74, 6) is 0.414. The maximum Gasteiger partial charge on any atom is 0.316 e. The second-order valence-corrected chi connectivity index (χ2v) is 11.0. The highest BCUT2D eigenvalue weighted by Crippen LogP contribution is 2.42. The zero-order valence-electron chi connectivity index (χ0n) is 18.4. The fourth-order valence-electron chi connectivity index (χ4n) is 4.17. The first-order valence-electron chi connectivity index (χ1n) is 10.7. The van der Waals surface area contributed by atoms with Crippen molar-refractivity contribution in [1.82, 2.24) is 9.55 Å². The maximum atomic E-state index is 13.7. The van der Waals surface area contributed by atoms with E-state index in [0.717, 1.165) is 35.2 Å². The molecule has 1 aromatic carbocycles. The molecule has 0 spiro atoms. The fourth-order valence-corrected chi connectivity index (χ4v) is 6.32. The molecule has 0 saturated heterocycles. The van der Waals surface area contributed by atoms with Crippen LogP contribution in [0.2, 0.25) is 0 Å². The maximum absolute atomic E-state index is 13.7. The number of hydrogen-bond acceptors (Lipinski definition) is 6. The van der Waals surface area contributed by atoms with E-state index in [-0.39, 0.29) is 22.7 Å². The molecule has 31 heavy (non-hydrogen) atoms. The molecule has 1 atom stereocenters. The SMILES string of the molecule is CCOC(=O)CSc1nc2sc3c(c2c(=O)n1-c1ccccc1)CC[C@H](C(C)(C)C)C3. The molecule has 0 N–H and O–H groups in total. The number of rotatable bonds is 5. The molecule has 0 aliphatic heterocycles. The van der Waals surface area contributed by atoms with Crippen LogP contribution in [0.3, 0.4) is 0 Å². The quantitative estimate of drug-likeness (QED) is 0.298. The largest absolute Gasteiger partial charge is 0.465 e. The first-order valence-corrected chi connectivity index (χ1v) is 12.5. The Labute approximate surface area is 190 Å². The van der Waals surface area contributed by atoms with E-state index in [9.17, 15) is 9.59 Å². The van der Waals surface area contributed by atoms with Crippen molar-refractivity contribution >= 4 is 39.3 Å². The predicted molar refractivity (Wildman–Crippen MR) is 128 cm³/mol. The number of carbonyl (C=O) groups excluding carboxylic acids is 1. The van der Waals surface area contributed by atoms with Crippen LogP contribution in [0, 0.1) is 11.3 Å². The number of fused-ring (bicyclic) bond motifs is 3. The summed E-state index contributed by atoms with van der Waals surface area (Å²) in [5, 5.41) is 1.28. The summed E-state index contributed by atoms with van der Waals surface area (Å²) in [6, 6.07) is 9.53. The molecule has 0 saturated carbocycles. The average molecular weight is 457 g/mol. The molecule has 3 aromatic rings. The van der Waals surface area contributed by atoms with Crippen LogP contribution in [0.4, 0.5) is 0 Å². The van der Waals surface area contributed by atoms with Gasteiger partial charge in [0.25, 0.3) is 5.56 Å². The van der Waals surface area contributed by atoms with Gasteiger partial charge in [0, 0.05) is 4.88 Å². The second kappa shape index (κ2) is 8.79. The van der Waals surface area contributed by atoms with Crippen LogP contribution in [0.15, 0.2) is 40.3 Å². The van der Waals surface area contributed by atoms with E-state index < -0.39 is 0 Å². The van der Waals surface area contributed by atoms with E-state index in [2.05, 4.69) is 20.8 Å². The Hall–Kier alpha value is -2.12. The third-order valence-corrected chi connectivity index (χ3v) is 7.98. The summed E-state index contributed by atoms with van der Waals surface area (Å²) in [5.41, 5.74) is 2.13. The van der Waals surface area contributed by atoms with Crippen molar-refractivity contribution in [2.75, 3.05) is 12.4 Å². The van der Waals surface area contributed by atoms with Gasteiger partial charge in [-0.3, -0.25) is 14.2 Å². The number of para-hydroxylation sites is 1. The van der Waals surface area contributed by atoms with Crippen molar-refractivity contribution in [2.45, 2.75) is 52.1 Å². The number of carbonyl (C=O) groups is 1. The van der Waals surface area contributed by atoms with E-state index in [1.165, 1.54) is 22.2 Å². The Kier molecular flexibility index (Phi) is 6.26. The number of thiophene rings is 1. The van der Waals surface area contributed by atoms with Gasteiger partial charge in [-0.2, -0.15) is 0 Å². The van der Waals surface area contributed by atoms with E-state index in [0.29, 0.717) is 17.7 Å². The van der Waals surface area contributed by atoms with Crippen molar-refractivity contribution in [2.24, 2.45) is 11.3 Å². The van der Waals surface area contributed by atoms with Gasteiger partial charge in [0.05, 0.1) is 23.4 Å². The molecule has 2 aromatic heterocycles. The van der Waals surface area contributed by atoms with Gasteiger partial charge >= 0.3 is 5.97 Å². The van der Waals surface area contributed by atoms with Crippen LogP contribution in [0.25, 0.3) is 15.9 Å². The smallest absolute Gasteiger partial charge is 0.316 e. The highest BCUT2D eigenvalue weighted by molar-refractivity contribution is 7.99. The first-order chi connectivity index (χ1) is 14.8. The van der Waals surface area contributed by atoms with Crippen molar-refractivity contribution < 1.29 is 9.53 Å². The summed E-state index contributed by atoms with van der Waals surface area (Å²) in [4.78, 5) is 32.6. The third-order valence-electron chi connectivity index (χ3n) is 5.92. The minimum Gasteiger partial charge on any atom is -0.465 e. The molecular formula is C24H28N2O3S2. The highest BCUT2D eigenvalue weighted by Gasteiger charge is 2.32. The summed E-state index contributed by atoms with van der Waals surface area (Å²) >= 11 is 2.90. The van der Waals surface area contributed by atoms with Crippen LogP contribution < -0.4 is 5.56 Å². The average Bonchev–Trinajstić information content (AvgIpc) is 3.10. The Morgan fingerprint density at radius 1 is 1.29 bits per heavy atom. The summed E-state index contributed by atoms with van der Waals surface area (Å²) in [6.07, 6.45) is 3.00. The number of ether oxygens (including phenoxy) is 1. The molecule has 164 valence electrons. The Morgan fingerprint density at radius 2 is 2.03 bits per heavy atom. The lowest BCUT2D eigenvalue weighted by atomic mass is 9.72. The number of benzene rings is 1. The first kappa shape index (κ1) is 22.1. The highest BCUT2D eigenvalue weighted by atomic mass is 32.2. The van der Waals surface area contributed by atoms with Gasteiger partial charge in [-0.25, -0.2) is 4.98 Å². The van der Waals surface area contributed by atoms with Crippen molar-refractivity contribution in [3.63, 3.8) is 0 Å². The third kappa shape index (κ3) is 4.44. The predicted octanol–water partition coefficient (Wildman–Crippen LogP) is 5.25. The standard InChI is InChI=1S/C24H28N2O3S2/c1-5-29-19(27)14-30-23-25-21-20(22(28)26(23)16-9-7-6-8-10-16)17-12-11-15(24(2,3)4)13-18(17)31-21/h6-10,15H,5,11-14H2,1-4H3/t15-/m0/s1. The van der Waals surface area contributed by atoms with Crippen LogP contribution in [0.1, 0.15) is 44.6 Å². The number of nitrogens with zero attached hydrogens (tertiary/aromatic N) is 2. The van der Waals surface area contributed by atoms with Crippen molar-refractivity contribution in [1.29, 1.82) is 0 Å². The van der Waals surface area contributed by atoms with Gasteiger partial charge in [-0.1, -0.05) is 50.7 Å². The van der Waals surface area contributed by atoms with E-state index in [1.807, 2.05) is 30.3 Å². The molecule has 0 unspecified atom stereocenters.